The minimum Gasteiger partial charge on any atom is -0.326 e. The number of hydrogen-bond donors (Lipinski definition) is 1. The molecule has 0 saturated carbocycles. The third kappa shape index (κ3) is 3.48. The van der Waals surface area contributed by atoms with Crippen molar-refractivity contribution < 1.29 is 4.79 Å². The summed E-state index contributed by atoms with van der Waals surface area (Å²) >= 11 is 0. The number of fused-ring (bicyclic) bond motifs is 1. The zero-order chi connectivity index (χ0) is 21.3. The van der Waals surface area contributed by atoms with E-state index in [4.69, 9.17) is 0 Å². The fourth-order valence-electron chi connectivity index (χ4n) is 3.37. The minimum absolute atomic E-state index is 0.107. The molecular weight excluding hydrogens is 382 g/mol. The van der Waals surface area contributed by atoms with Crippen molar-refractivity contribution in [1.82, 2.24) is 34.8 Å². The van der Waals surface area contributed by atoms with Crippen LogP contribution in [0, 0.1) is 32.1 Å². The van der Waals surface area contributed by atoms with E-state index in [9.17, 15) is 10.1 Å². The van der Waals surface area contributed by atoms with E-state index < -0.39 is 0 Å². The van der Waals surface area contributed by atoms with Crippen molar-refractivity contribution >= 4 is 17.2 Å². The summed E-state index contributed by atoms with van der Waals surface area (Å²) in [6.07, 6.45) is 3.80. The van der Waals surface area contributed by atoms with Crippen LogP contribution in [0.1, 0.15) is 34.5 Å². The highest BCUT2D eigenvalue weighted by Gasteiger charge is 2.15. The number of amides is 1. The Labute approximate surface area is 172 Å². The van der Waals surface area contributed by atoms with Gasteiger partial charge < -0.3 is 5.32 Å². The van der Waals surface area contributed by atoms with E-state index >= 15 is 0 Å². The minimum atomic E-state index is -0.107. The van der Waals surface area contributed by atoms with Crippen LogP contribution in [0.4, 0.5) is 5.69 Å². The lowest BCUT2D eigenvalue weighted by Crippen LogP contribution is -2.15. The van der Waals surface area contributed by atoms with Gasteiger partial charge in [0, 0.05) is 23.5 Å². The van der Waals surface area contributed by atoms with Gasteiger partial charge in [-0.1, -0.05) is 6.07 Å². The van der Waals surface area contributed by atoms with Crippen molar-refractivity contribution in [3.63, 3.8) is 0 Å². The first-order chi connectivity index (χ1) is 14.5. The second-order valence-electron chi connectivity index (χ2n) is 6.97. The van der Waals surface area contributed by atoms with E-state index in [-0.39, 0.29) is 12.3 Å². The maximum Gasteiger partial charge on any atom is 0.224 e. The molecule has 0 aliphatic heterocycles. The first-order valence-electron chi connectivity index (χ1n) is 9.35. The van der Waals surface area contributed by atoms with Gasteiger partial charge in [0.2, 0.25) is 5.91 Å². The van der Waals surface area contributed by atoms with Crippen LogP contribution in [0.3, 0.4) is 0 Å². The molecule has 1 amide bonds. The average molecular weight is 401 g/mol. The summed E-state index contributed by atoms with van der Waals surface area (Å²) < 4.78 is 3.18. The monoisotopic (exact) mass is 401 g/mol. The highest BCUT2D eigenvalue weighted by molar-refractivity contribution is 5.92. The van der Waals surface area contributed by atoms with E-state index in [0.717, 1.165) is 28.2 Å². The fraction of sp³-hybridized carbons (Fsp3) is 0.250. The summed E-state index contributed by atoms with van der Waals surface area (Å²) in [5, 5.41) is 27.5. The number of nitriles is 1. The molecule has 0 atom stereocenters. The molecule has 4 rings (SSSR count). The number of benzene rings is 1. The summed E-state index contributed by atoms with van der Waals surface area (Å²) in [5.41, 5.74) is 6.00. The van der Waals surface area contributed by atoms with Crippen LogP contribution in [0.25, 0.3) is 11.3 Å². The average Bonchev–Trinajstić information content (AvgIpc) is 3.39. The largest absolute Gasteiger partial charge is 0.326 e. The number of hydrogen-bond acceptors (Lipinski definition) is 7. The molecule has 0 aliphatic rings. The Kier molecular flexibility index (Phi) is 4.93. The second kappa shape index (κ2) is 7.71. The number of carbonyl (C=O) groups is 1. The molecule has 150 valence electrons. The number of rotatable bonds is 5. The van der Waals surface area contributed by atoms with E-state index in [0.29, 0.717) is 23.3 Å². The van der Waals surface area contributed by atoms with Crippen molar-refractivity contribution in [1.29, 1.82) is 5.26 Å². The molecule has 3 heterocycles. The van der Waals surface area contributed by atoms with Gasteiger partial charge in [0.05, 0.1) is 11.9 Å². The lowest BCUT2D eigenvalue weighted by Gasteiger charge is -2.13. The standard InChI is InChI=1S/C20H19N9O/c1-12-4-5-16(28-11-22-26-27-28)8-18(12)25-19(30)7-6-17-13(2)24-20-15(9-21)10-23-29(20)14(17)3/h4-5,8,10-11H,6-7H2,1-3H3,(H,25,30). The third-order valence-electron chi connectivity index (χ3n) is 5.04. The number of nitrogens with one attached hydrogen (secondary N) is 1. The van der Waals surface area contributed by atoms with Crippen molar-refractivity contribution in [2.45, 2.75) is 33.6 Å². The van der Waals surface area contributed by atoms with Crippen LogP contribution in [0.5, 0.6) is 0 Å². The summed E-state index contributed by atoms with van der Waals surface area (Å²) in [7, 11) is 0. The van der Waals surface area contributed by atoms with Gasteiger partial charge in [0.25, 0.3) is 0 Å². The molecule has 0 radical (unpaired) electrons. The highest BCUT2D eigenvalue weighted by atomic mass is 16.1. The molecule has 0 saturated heterocycles. The number of tetrazole rings is 1. The van der Waals surface area contributed by atoms with Gasteiger partial charge in [-0.05, 0) is 60.9 Å². The molecule has 10 heteroatoms. The molecule has 0 bridgehead atoms. The summed E-state index contributed by atoms with van der Waals surface area (Å²) in [5.74, 6) is -0.107. The quantitative estimate of drug-likeness (QED) is 0.542. The van der Waals surface area contributed by atoms with E-state index in [1.54, 1.807) is 4.52 Å². The van der Waals surface area contributed by atoms with Crippen LogP contribution in [-0.4, -0.2) is 40.7 Å². The third-order valence-corrected chi connectivity index (χ3v) is 5.04. The van der Waals surface area contributed by atoms with Gasteiger partial charge in [-0.3, -0.25) is 4.79 Å². The molecule has 4 aromatic rings. The first-order valence-corrected chi connectivity index (χ1v) is 9.35. The van der Waals surface area contributed by atoms with Crippen LogP contribution >= 0.6 is 0 Å². The Hall–Kier alpha value is -4.13. The predicted molar refractivity (Wildman–Crippen MR) is 108 cm³/mol. The van der Waals surface area contributed by atoms with E-state index in [1.165, 1.54) is 17.2 Å². The molecule has 0 unspecified atom stereocenters. The molecule has 3 aromatic heterocycles. The van der Waals surface area contributed by atoms with Crippen LogP contribution in [0.2, 0.25) is 0 Å². The van der Waals surface area contributed by atoms with E-state index in [1.807, 2.05) is 39.0 Å². The zero-order valence-corrected chi connectivity index (χ0v) is 16.8. The topological polar surface area (TPSA) is 127 Å². The molecule has 30 heavy (non-hydrogen) atoms. The lowest BCUT2D eigenvalue weighted by atomic mass is 10.1. The molecule has 0 fully saturated rings. The fourth-order valence-corrected chi connectivity index (χ4v) is 3.37. The molecule has 0 spiro atoms. The number of aryl methyl sites for hydroxylation is 3. The molecule has 10 nitrogen and oxygen atoms in total. The predicted octanol–water partition coefficient (Wildman–Crippen LogP) is 2.07. The van der Waals surface area contributed by atoms with Crippen LogP contribution in [0.15, 0.2) is 30.7 Å². The lowest BCUT2D eigenvalue weighted by molar-refractivity contribution is -0.116. The molecule has 1 N–H and O–H groups in total. The van der Waals surface area contributed by atoms with Gasteiger partial charge in [-0.25, -0.2) is 14.2 Å². The van der Waals surface area contributed by atoms with Crippen molar-refractivity contribution in [2.75, 3.05) is 5.32 Å². The van der Waals surface area contributed by atoms with Crippen molar-refractivity contribution in [3.05, 3.63) is 58.8 Å². The van der Waals surface area contributed by atoms with Gasteiger partial charge in [-0.15, -0.1) is 5.10 Å². The summed E-state index contributed by atoms with van der Waals surface area (Å²) in [6, 6.07) is 7.72. The van der Waals surface area contributed by atoms with Gasteiger partial charge >= 0.3 is 0 Å². The number of aromatic nitrogens is 7. The zero-order valence-electron chi connectivity index (χ0n) is 16.8. The molecule has 1 aromatic carbocycles. The Morgan fingerprint density at radius 2 is 2.10 bits per heavy atom. The first kappa shape index (κ1) is 19.2. The van der Waals surface area contributed by atoms with E-state index in [2.05, 4.69) is 37.0 Å². The van der Waals surface area contributed by atoms with Crippen molar-refractivity contribution in [2.24, 2.45) is 0 Å². The number of carbonyl (C=O) groups excluding carboxylic acids is 1. The van der Waals surface area contributed by atoms with Gasteiger partial charge in [0.15, 0.2) is 5.65 Å². The second-order valence-corrected chi connectivity index (χ2v) is 6.97. The van der Waals surface area contributed by atoms with Gasteiger partial charge in [-0.2, -0.15) is 10.4 Å². The SMILES string of the molecule is Cc1ccc(-n2cnnn2)cc1NC(=O)CCc1c(C)nc2c(C#N)cnn2c1C. The normalized spacial score (nSPS) is 10.9. The Balaban J connectivity index is 1.51. The van der Waals surface area contributed by atoms with Crippen LogP contribution in [-0.2, 0) is 11.2 Å². The summed E-state index contributed by atoms with van der Waals surface area (Å²) in [6.45, 7) is 5.73. The van der Waals surface area contributed by atoms with Gasteiger partial charge in [0.1, 0.15) is 18.0 Å². The molecular formula is C20H19N9O. The Morgan fingerprint density at radius 1 is 1.27 bits per heavy atom. The summed E-state index contributed by atoms with van der Waals surface area (Å²) in [4.78, 5) is 17.1. The smallest absolute Gasteiger partial charge is 0.224 e. The van der Waals surface area contributed by atoms with Crippen LogP contribution < -0.4 is 5.32 Å². The number of nitrogens with zero attached hydrogens (tertiary/aromatic N) is 8. The number of anilines is 1. The highest BCUT2D eigenvalue weighted by Crippen LogP contribution is 2.21. The van der Waals surface area contributed by atoms with Crippen molar-refractivity contribution in [3.8, 4) is 11.8 Å². The Bertz CT molecular complexity index is 1280. The maximum absolute atomic E-state index is 12.6. The molecule has 0 aliphatic carbocycles. The Morgan fingerprint density at radius 3 is 2.83 bits per heavy atom. The maximum atomic E-state index is 12.6.